The van der Waals surface area contributed by atoms with E-state index >= 15 is 0 Å². The van der Waals surface area contributed by atoms with Crippen LogP contribution in [0.4, 0.5) is 23.2 Å². The first kappa shape index (κ1) is 33.1. The fourth-order valence-electron chi connectivity index (χ4n) is 4.12. The van der Waals surface area contributed by atoms with E-state index in [0.717, 1.165) is 47.1 Å². The van der Waals surface area contributed by atoms with Crippen molar-refractivity contribution in [3.05, 3.63) is 105 Å². The predicted molar refractivity (Wildman–Crippen MR) is 154 cm³/mol. The Morgan fingerprint density at radius 2 is 1.80 bits per heavy atom. The molecule has 3 aromatic carbocycles. The molecule has 45 heavy (non-hydrogen) atoms. The topological polar surface area (TPSA) is 145 Å². The van der Waals surface area contributed by atoms with Crippen LogP contribution in [0.2, 0.25) is 0 Å². The molecule has 4 rings (SSSR count). The number of nitro benzene ring substituents is 1. The van der Waals surface area contributed by atoms with Crippen molar-refractivity contribution in [2.45, 2.75) is 50.9 Å². The van der Waals surface area contributed by atoms with E-state index in [-0.39, 0.29) is 40.7 Å². The number of carbonyl (C=O) groups excluding carboxylic acids is 1. The van der Waals surface area contributed by atoms with E-state index in [1.165, 1.54) is 31.2 Å². The van der Waals surface area contributed by atoms with Gasteiger partial charge in [0.05, 0.1) is 16.2 Å². The standard InChI is InChI=1S/C29H27F4N5O6S/c1-4-17(2)36-45(42,43)25-15-23(38(40)41)12-13-24(25)44-28-18(3)26(35-37(28)22-10-8-21(30)9-11-22)27(39)34-16-19-6-5-7-20(14-19)29(31,32)33/h5-15,17,36H,4,16H2,1-3H3,(H,34,39). The molecule has 0 aliphatic rings. The average molecular weight is 650 g/mol. The van der Waals surface area contributed by atoms with Crippen LogP contribution in [-0.4, -0.2) is 35.1 Å². The zero-order valence-corrected chi connectivity index (χ0v) is 24.9. The minimum absolute atomic E-state index is 0.0810. The van der Waals surface area contributed by atoms with Crippen LogP contribution >= 0.6 is 0 Å². The van der Waals surface area contributed by atoms with Gasteiger partial charge in [-0.3, -0.25) is 14.9 Å². The van der Waals surface area contributed by atoms with Crippen molar-refractivity contribution in [2.24, 2.45) is 0 Å². The number of hydrogen-bond acceptors (Lipinski definition) is 7. The molecule has 0 aliphatic carbocycles. The van der Waals surface area contributed by atoms with Gasteiger partial charge < -0.3 is 10.1 Å². The maximum Gasteiger partial charge on any atom is 0.416 e. The van der Waals surface area contributed by atoms with Gasteiger partial charge in [-0.2, -0.15) is 23.0 Å². The van der Waals surface area contributed by atoms with Crippen LogP contribution in [-0.2, 0) is 22.7 Å². The monoisotopic (exact) mass is 649 g/mol. The van der Waals surface area contributed by atoms with Gasteiger partial charge in [0.15, 0.2) is 5.69 Å². The van der Waals surface area contributed by atoms with E-state index in [1.54, 1.807) is 13.8 Å². The first-order valence-corrected chi connectivity index (χ1v) is 14.9. The summed E-state index contributed by atoms with van der Waals surface area (Å²) in [6, 6.07) is 11.7. The highest BCUT2D eigenvalue weighted by Crippen LogP contribution is 2.36. The van der Waals surface area contributed by atoms with Crippen molar-refractivity contribution in [3.63, 3.8) is 0 Å². The summed E-state index contributed by atoms with van der Waals surface area (Å²) in [4.78, 5) is 23.4. The van der Waals surface area contributed by atoms with Gasteiger partial charge in [0, 0.05) is 30.3 Å². The Balaban J connectivity index is 1.77. The maximum absolute atomic E-state index is 13.7. The molecule has 0 fully saturated rings. The molecule has 4 aromatic rings. The van der Waals surface area contributed by atoms with Gasteiger partial charge in [-0.25, -0.2) is 17.5 Å². The zero-order valence-electron chi connectivity index (χ0n) is 24.1. The molecule has 2 N–H and O–H groups in total. The van der Waals surface area contributed by atoms with E-state index in [0.29, 0.717) is 6.42 Å². The van der Waals surface area contributed by atoms with Crippen LogP contribution in [0.15, 0.2) is 71.6 Å². The average Bonchev–Trinajstić information content (AvgIpc) is 3.31. The van der Waals surface area contributed by atoms with Gasteiger partial charge in [-0.05, 0) is 68.3 Å². The number of benzene rings is 3. The predicted octanol–water partition coefficient (Wildman–Crippen LogP) is 6.05. The zero-order chi connectivity index (χ0) is 33.1. The van der Waals surface area contributed by atoms with Crippen molar-refractivity contribution < 1.29 is 40.4 Å². The number of nitrogens with one attached hydrogen (secondary N) is 2. The summed E-state index contributed by atoms with van der Waals surface area (Å²) in [6.07, 6.45) is -4.16. The number of carbonyl (C=O) groups is 1. The van der Waals surface area contributed by atoms with Crippen LogP contribution in [0.3, 0.4) is 0 Å². The lowest BCUT2D eigenvalue weighted by Crippen LogP contribution is -2.32. The van der Waals surface area contributed by atoms with Crippen LogP contribution in [0.25, 0.3) is 5.69 Å². The number of nitro groups is 1. The van der Waals surface area contributed by atoms with Gasteiger partial charge in [-0.15, -0.1) is 0 Å². The number of alkyl halides is 3. The van der Waals surface area contributed by atoms with Crippen LogP contribution in [0, 0.1) is 22.9 Å². The molecule has 16 heteroatoms. The molecule has 1 heterocycles. The second-order valence-electron chi connectivity index (χ2n) is 9.97. The summed E-state index contributed by atoms with van der Waals surface area (Å²) in [7, 11) is -4.36. The Labute approximate surface area is 255 Å². The normalized spacial score (nSPS) is 12.5. The number of nitrogens with zero attached hydrogens (tertiary/aromatic N) is 3. The van der Waals surface area contributed by atoms with E-state index in [4.69, 9.17) is 4.74 Å². The van der Waals surface area contributed by atoms with Crippen molar-refractivity contribution in [2.75, 3.05) is 0 Å². The fraction of sp³-hybridized carbons (Fsp3) is 0.241. The number of sulfonamides is 1. The molecular weight excluding hydrogens is 622 g/mol. The smallest absolute Gasteiger partial charge is 0.416 e. The molecule has 0 spiro atoms. The fourth-order valence-corrected chi connectivity index (χ4v) is 5.59. The summed E-state index contributed by atoms with van der Waals surface area (Å²) in [5.41, 5.74) is -1.19. The third-order valence-corrected chi connectivity index (χ3v) is 8.28. The number of aromatic nitrogens is 2. The van der Waals surface area contributed by atoms with Crippen molar-refractivity contribution in [3.8, 4) is 17.3 Å². The van der Waals surface area contributed by atoms with Crippen LogP contribution < -0.4 is 14.8 Å². The summed E-state index contributed by atoms with van der Waals surface area (Å²) < 4.78 is 89.2. The van der Waals surface area contributed by atoms with Crippen LogP contribution in [0.5, 0.6) is 11.6 Å². The molecule has 1 unspecified atom stereocenters. The molecule has 1 aromatic heterocycles. The van der Waals surface area contributed by atoms with Gasteiger partial charge in [-0.1, -0.05) is 19.1 Å². The molecule has 238 valence electrons. The second-order valence-corrected chi connectivity index (χ2v) is 11.7. The number of halogens is 4. The minimum Gasteiger partial charge on any atom is -0.437 e. The van der Waals surface area contributed by atoms with Crippen molar-refractivity contribution >= 4 is 21.6 Å². The van der Waals surface area contributed by atoms with Gasteiger partial charge in [0.25, 0.3) is 11.6 Å². The molecule has 1 amide bonds. The third-order valence-electron chi connectivity index (χ3n) is 6.66. The summed E-state index contributed by atoms with van der Waals surface area (Å²) in [5.74, 6) is -1.90. The quantitative estimate of drug-likeness (QED) is 0.114. The van der Waals surface area contributed by atoms with Crippen molar-refractivity contribution in [1.82, 2.24) is 19.8 Å². The van der Waals surface area contributed by atoms with E-state index in [9.17, 15) is 40.9 Å². The maximum atomic E-state index is 13.7. The molecule has 0 saturated heterocycles. The summed E-state index contributed by atoms with van der Waals surface area (Å²) in [6.45, 7) is 4.49. The van der Waals surface area contributed by atoms with E-state index < -0.39 is 55.0 Å². The number of rotatable bonds is 11. The van der Waals surface area contributed by atoms with Crippen LogP contribution in [0.1, 0.15) is 47.4 Å². The summed E-state index contributed by atoms with van der Waals surface area (Å²) in [5, 5.41) is 18.2. The molecule has 0 saturated carbocycles. The largest absolute Gasteiger partial charge is 0.437 e. The van der Waals surface area contributed by atoms with Gasteiger partial charge in [0.1, 0.15) is 16.5 Å². The second kappa shape index (κ2) is 13.0. The molecular formula is C29H27F4N5O6S. The SMILES string of the molecule is CCC(C)NS(=O)(=O)c1cc([N+](=O)[O-])ccc1Oc1c(C)c(C(=O)NCc2cccc(C(F)(F)F)c2)nn1-c1ccc(F)cc1. The van der Waals surface area contributed by atoms with Gasteiger partial charge in [0.2, 0.25) is 15.9 Å². The summed E-state index contributed by atoms with van der Waals surface area (Å²) >= 11 is 0. The van der Waals surface area contributed by atoms with Gasteiger partial charge >= 0.3 is 6.18 Å². The molecule has 0 radical (unpaired) electrons. The lowest BCUT2D eigenvalue weighted by Gasteiger charge is -2.16. The Bertz CT molecular complexity index is 1840. The Morgan fingerprint density at radius 3 is 2.42 bits per heavy atom. The number of amides is 1. The minimum atomic E-state index is -4.58. The Kier molecular flexibility index (Phi) is 9.58. The third kappa shape index (κ3) is 7.64. The Hall–Kier alpha value is -4.83. The first-order valence-electron chi connectivity index (χ1n) is 13.4. The first-order chi connectivity index (χ1) is 21.1. The van der Waals surface area contributed by atoms with E-state index in [2.05, 4.69) is 15.1 Å². The van der Waals surface area contributed by atoms with Crippen molar-refractivity contribution in [1.29, 1.82) is 0 Å². The van der Waals surface area contributed by atoms with E-state index in [1.807, 2.05) is 0 Å². The molecule has 11 nitrogen and oxygen atoms in total. The highest BCUT2D eigenvalue weighted by molar-refractivity contribution is 7.89. The highest BCUT2D eigenvalue weighted by Gasteiger charge is 2.31. The molecule has 0 bridgehead atoms. The lowest BCUT2D eigenvalue weighted by molar-refractivity contribution is -0.385. The number of ether oxygens (including phenoxy) is 1. The highest BCUT2D eigenvalue weighted by atomic mass is 32.2. The molecule has 1 atom stereocenters. The Morgan fingerprint density at radius 1 is 1.11 bits per heavy atom. The number of non-ortho nitro benzene ring substituents is 1. The molecule has 0 aliphatic heterocycles. The lowest BCUT2D eigenvalue weighted by atomic mass is 10.1. The number of hydrogen-bond donors (Lipinski definition) is 2.